The summed E-state index contributed by atoms with van der Waals surface area (Å²) >= 11 is 0. The molecule has 0 bridgehead atoms. The summed E-state index contributed by atoms with van der Waals surface area (Å²) in [5.41, 5.74) is 0. The van der Waals surface area contributed by atoms with Gasteiger partial charge in [-0.2, -0.15) is 0 Å². The van der Waals surface area contributed by atoms with E-state index in [9.17, 15) is 0 Å². The molecule has 0 unspecified atom stereocenters. The highest BCUT2D eigenvalue weighted by atomic mass is 19.1. The molecular formula is C46H22F4. The highest BCUT2D eigenvalue weighted by Gasteiger charge is 2.22. The van der Waals surface area contributed by atoms with E-state index in [2.05, 4.69) is 0 Å². The summed E-state index contributed by atoms with van der Waals surface area (Å²) < 4.78 is 64.3. The topological polar surface area (TPSA) is 0 Å². The van der Waals surface area contributed by atoms with Crippen LogP contribution >= 0.6 is 0 Å². The molecule has 234 valence electrons. The Balaban J connectivity index is 1.37. The Morgan fingerprint density at radius 3 is 0.820 bits per heavy atom. The number of benzene rings is 11. The van der Waals surface area contributed by atoms with Crippen LogP contribution in [0.25, 0.3) is 108 Å². The molecule has 11 rings (SSSR count). The first-order valence-electron chi connectivity index (χ1n) is 16.5. The first kappa shape index (κ1) is 27.7. The van der Waals surface area contributed by atoms with Crippen molar-refractivity contribution < 1.29 is 17.6 Å². The van der Waals surface area contributed by atoms with Gasteiger partial charge in [-0.1, -0.05) is 109 Å². The molecule has 11 aromatic rings. The van der Waals surface area contributed by atoms with Gasteiger partial charge in [-0.05, 0) is 88.9 Å². The SMILES string of the molecule is Fc1ccc(F)c2c1c1c3ccccc3ccc1c1ccc3c4ccc5c6ccc7ccccc7c6c6c(F)ccc(F)c6c5c4ccc3c12. The van der Waals surface area contributed by atoms with E-state index < -0.39 is 23.3 Å². The summed E-state index contributed by atoms with van der Waals surface area (Å²) in [6, 6.07) is 40.2. The minimum Gasteiger partial charge on any atom is -0.206 e. The highest BCUT2D eigenvalue weighted by Crippen LogP contribution is 2.47. The Labute approximate surface area is 281 Å². The molecule has 0 aliphatic rings. The van der Waals surface area contributed by atoms with Gasteiger partial charge in [-0.25, -0.2) is 17.6 Å². The lowest BCUT2D eigenvalue weighted by atomic mass is 9.85. The quantitative estimate of drug-likeness (QED) is 0.113. The third-order valence-electron chi connectivity index (χ3n) is 10.8. The van der Waals surface area contributed by atoms with Gasteiger partial charge in [0.05, 0.1) is 0 Å². The number of fused-ring (bicyclic) bond motifs is 21. The van der Waals surface area contributed by atoms with Crippen LogP contribution < -0.4 is 0 Å². The van der Waals surface area contributed by atoms with Crippen LogP contribution in [0, 0.1) is 23.3 Å². The van der Waals surface area contributed by atoms with Crippen LogP contribution in [-0.2, 0) is 0 Å². The lowest BCUT2D eigenvalue weighted by Gasteiger charge is -2.18. The molecule has 4 heteroatoms. The summed E-state index contributed by atoms with van der Waals surface area (Å²) in [5.74, 6) is -1.99. The molecule has 0 spiro atoms. The molecule has 0 aliphatic heterocycles. The number of rotatable bonds is 0. The Hall–Kier alpha value is -6.26. The third kappa shape index (κ3) is 3.40. The Bertz CT molecular complexity index is 3130. The second kappa shape index (κ2) is 9.67. The van der Waals surface area contributed by atoms with Crippen molar-refractivity contribution in [3.8, 4) is 0 Å². The number of hydrogen-bond donors (Lipinski definition) is 0. The van der Waals surface area contributed by atoms with Gasteiger partial charge in [0.15, 0.2) is 0 Å². The molecular weight excluding hydrogens is 628 g/mol. The van der Waals surface area contributed by atoms with Gasteiger partial charge in [0.1, 0.15) is 23.3 Å². The molecule has 0 radical (unpaired) electrons. The van der Waals surface area contributed by atoms with Gasteiger partial charge in [-0.3, -0.25) is 0 Å². The molecule has 0 atom stereocenters. The van der Waals surface area contributed by atoms with Crippen molar-refractivity contribution in [3.63, 3.8) is 0 Å². The lowest BCUT2D eigenvalue weighted by Crippen LogP contribution is -1.94. The lowest BCUT2D eigenvalue weighted by molar-refractivity contribution is 0.619. The van der Waals surface area contributed by atoms with E-state index in [1.165, 1.54) is 24.3 Å². The van der Waals surface area contributed by atoms with E-state index in [1.54, 1.807) is 0 Å². The van der Waals surface area contributed by atoms with E-state index in [-0.39, 0.29) is 21.5 Å². The van der Waals surface area contributed by atoms with Crippen LogP contribution in [-0.4, -0.2) is 0 Å². The summed E-state index contributed by atoms with van der Waals surface area (Å²) in [4.78, 5) is 0. The highest BCUT2D eigenvalue weighted by molar-refractivity contribution is 6.40. The molecule has 0 saturated carbocycles. The third-order valence-corrected chi connectivity index (χ3v) is 10.8. The van der Waals surface area contributed by atoms with E-state index in [0.29, 0.717) is 21.5 Å². The molecule has 50 heavy (non-hydrogen) atoms. The van der Waals surface area contributed by atoms with Crippen LogP contribution in [0.3, 0.4) is 0 Å². The molecule has 0 aliphatic carbocycles. The van der Waals surface area contributed by atoms with Crippen molar-refractivity contribution in [1.29, 1.82) is 0 Å². The van der Waals surface area contributed by atoms with E-state index in [0.717, 1.165) is 64.6 Å². The molecule has 0 heterocycles. The minimum absolute atomic E-state index is 0.228. The monoisotopic (exact) mass is 650 g/mol. The van der Waals surface area contributed by atoms with E-state index >= 15 is 17.6 Å². The van der Waals surface area contributed by atoms with E-state index in [4.69, 9.17) is 0 Å². The predicted molar refractivity (Wildman–Crippen MR) is 201 cm³/mol. The van der Waals surface area contributed by atoms with Crippen molar-refractivity contribution in [3.05, 3.63) is 157 Å². The molecule has 0 aromatic heterocycles. The standard InChI is InChI=1S/C46H22F4/c47-35-19-21-37(49)45-41-29-17-18-30-28(27(29)13-15-33(41)31-11-9-23-5-1-3-7-25(23)39(31)43(35)45)14-16-34-32-12-10-24-6-2-4-8-26(24)40(32)44-36(48)20-22-38(50)46(44)42(30)34/h1-22H. The van der Waals surface area contributed by atoms with Crippen LogP contribution in [0.2, 0.25) is 0 Å². The zero-order valence-corrected chi connectivity index (χ0v) is 26.2. The molecule has 0 amide bonds. The van der Waals surface area contributed by atoms with Crippen molar-refractivity contribution >= 4 is 108 Å². The van der Waals surface area contributed by atoms with Gasteiger partial charge < -0.3 is 0 Å². The largest absolute Gasteiger partial charge is 0.206 e. The zero-order chi connectivity index (χ0) is 33.4. The van der Waals surface area contributed by atoms with Crippen molar-refractivity contribution in [1.82, 2.24) is 0 Å². The maximum absolute atomic E-state index is 16.1. The van der Waals surface area contributed by atoms with Crippen molar-refractivity contribution in [2.24, 2.45) is 0 Å². The first-order valence-corrected chi connectivity index (χ1v) is 16.5. The maximum Gasteiger partial charge on any atom is 0.131 e. The van der Waals surface area contributed by atoms with Crippen molar-refractivity contribution in [2.75, 3.05) is 0 Å². The predicted octanol–water partition coefficient (Wildman–Crippen LogP) is 13.8. The Morgan fingerprint density at radius 1 is 0.200 bits per heavy atom. The molecule has 11 aromatic carbocycles. The number of hydrogen-bond acceptors (Lipinski definition) is 0. The maximum atomic E-state index is 16.1. The second-order valence-corrected chi connectivity index (χ2v) is 13.2. The van der Waals surface area contributed by atoms with Crippen LogP contribution in [0.4, 0.5) is 17.6 Å². The average Bonchev–Trinajstić information content (AvgIpc) is 3.15. The van der Waals surface area contributed by atoms with Gasteiger partial charge >= 0.3 is 0 Å². The molecule has 0 nitrogen and oxygen atoms in total. The molecule has 0 N–H and O–H groups in total. The average molecular weight is 651 g/mol. The summed E-state index contributed by atoms with van der Waals surface area (Å²) in [6.45, 7) is 0. The van der Waals surface area contributed by atoms with Crippen LogP contribution in [0.5, 0.6) is 0 Å². The zero-order valence-electron chi connectivity index (χ0n) is 26.2. The summed E-state index contributed by atoms with van der Waals surface area (Å²) in [7, 11) is 0. The van der Waals surface area contributed by atoms with Gasteiger partial charge in [0.25, 0.3) is 0 Å². The fraction of sp³-hybridized carbons (Fsp3) is 0. The fourth-order valence-corrected chi connectivity index (χ4v) is 8.82. The number of halogens is 4. The normalized spacial score (nSPS) is 12.4. The van der Waals surface area contributed by atoms with Crippen molar-refractivity contribution in [2.45, 2.75) is 0 Å². The van der Waals surface area contributed by atoms with Crippen LogP contribution in [0.15, 0.2) is 133 Å². The fourth-order valence-electron chi connectivity index (χ4n) is 8.82. The summed E-state index contributed by atoms with van der Waals surface area (Å²) in [5, 5.41) is 13.5. The minimum atomic E-state index is -0.505. The van der Waals surface area contributed by atoms with E-state index in [1.807, 2.05) is 109 Å². The van der Waals surface area contributed by atoms with Gasteiger partial charge in [-0.15, -0.1) is 0 Å². The smallest absolute Gasteiger partial charge is 0.131 e. The molecule has 0 saturated heterocycles. The summed E-state index contributed by atoms with van der Waals surface area (Å²) in [6.07, 6.45) is 0. The van der Waals surface area contributed by atoms with Crippen LogP contribution in [0.1, 0.15) is 0 Å². The van der Waals surface area contributed by atoms with Gasteiger partial charge in [0, 0.05) is 43.1 Å². The Kier molecular flexibility index (Phi) is 5.35. The first-order chi connectivity index (χ1) is 24.5. The Morgan fingerprint density at radius 2 is 0.460 bits per heavy atom. The van der Waals surface area contributed by atoms with Gasteiger partial charge in [0.2, 0.25) is 0 Å². The molecule has 0 fully saturated rings. The second-order valence-electron chi connectivity index (χ2n) is 13.2.